The molecule has 0 spiro atoms. The van der Waals surface area contributed by atoms with Gasteiger partial charge in [0.2, 0.25) is 11.8 Å². The van der Waals surface area contributed by atoms with Crippen LogP contribution in [0, 0.1) is 0 Å². The first kappa shape index (κ1) is 20.0. The van der Waals surface area contributed by atoms with Gasteiger partial charge in [-0.3, -0.25) is 19.7 Å². The first-order chi connectivity index (χ1) is 14.1. The van der Waals surface area contributed by atoms with Crippen LogP contribution in [0.2, 0.25) is 0 Å². The second-order valence-electron chi connectivity index (χ2n) is 7.91. The number of ether oxygens (including phenoxy) is 1. The summed E-state index contributed by atoms with van der Waals surface area (Å²) in [5, 5.41) is 9.13. The van der Waals surface area contributed by atoms with Crippen molar-refractivity contribution in [1.82, 2.24) is 20.9 Å². The normalized spacial score (nSPS) is 24.6. The van der Waals surface area contributed by atoms with Gasteiger partial charge in [-0.2, -0.15) is 0 Å². The van der Waals surface area contributed by atoms with Crippen LogP contribution in [0.3, 0.4) is 0 Å². The lowest BCUT2D eigenvalue weighted by molar-refractivity contribution is -0.136. The van der Waals surface area contributed by atoms with Gasteiger partial charge in [0.05, 0.1) is 12.7 Å². The van der Waals surface area contributed by atoms with E-state index in [1.165, 1.54) is 0 Å². The minimum atomic E-state index is -0.564. The highest BCUT2D eigenvalue weighted by atomic mass is 16.5. The summed E-state index contributed by atoms with van der Waals surface area (Å²) in [5.74, 6) is -0.772. The van der Waals surface area contributed by atoms with E-state index in [2.05, 4.69) is 16.0 Å². The summed E-state index contributed by atoms with van der Waals surface area (Å²) in [6, 6.07) is 5.29. The number of hydrogen-bond acceptors (Lipinski definition) is 6. The Morgan fingerprint density at radius 2 is 2.14 bits per heavy atom. The molecule has 3 N–H and O–H groups in total. The van der Waals surface area contributed by atoms with Crippen LogP contribution in [-0.2, 0) is 27.4 Å². The van der Waals surface area contributed by atoms with Crippen molar-refractivity contribution in [3.05, 3.63) is 34.9 Å². The van der Waals surface area contributed by atoms with E-state index in [0.717, 1.165) is 56.8 Å². The molecule has 4 rings (SSSR count). The van der Waals surface area contributed by atoms with E-state index in [9.17, 15) is 14.4 Å². The molecular weight excluding hydrogens is 372 g/mol. The Morgan fingerprint density at radius 3 is 2.93 bits per heavy atom. The standard InChI is InChI=1S/C21H28N4O4/c26-19-6-5-18(20(27)24-19)25-13-15-10-14(3-4-17(15)21(25)28)11-22-7-1-2-16-12-23-8-9-29-16/h3-4,10,16,18,22-23H,1-2,5-9,11-13H2,(H,24,26,27). The highest BCUT2D eigenvalue weighted by Crippen LogP contribution is 2.28. The quantitative estimate of drug-likeness (QED) is 0.450. The minimum Gasteiger partial charge on any atom is -0.376 e. The number of piperidine rings is 1. The molecule has 2 fully saturated rings. The Hall–Kier alpha value is -2.29. The molecule has 156 valence electrons. The van der Waals surface area contributed by atoms with Gasteiger partial charge in [-0.05, 0) is 43.0 Å². The molecule has 0 bridgehead atoms. The second kappa shape index (κ2) is 9.02. The van der Waals surface area contributed by atoms with Crippen LogP contribution in [0.25, 0.3) is 0 Å². The number of hydrogen-bond donors (Lipinski definition) is 3. The van der Waals surface area contributed by atoms with Crippen LogP contribution in [-0.4, -0.2) is 61.0 Å². The third-order valence-corrected chi connectivity index (χ3v) is 5.80. The van der Waals surface area contributed by atoms with Crippen LogP contribution in [0.1, 0.15) is 47.2 Å². The number of nitrogens with zero attached hydrogens (tertiary/aromatic N) is 1. The predicted octanol–water partition coefficient (Wildman–Crippen LogP) is 0.306. The van der Waals surface area contributed by atoms with Gasteiger partial charge in [-0.1, -0.05) is 12.1 Å². The van der Waals surface area contributed by atoms with Gasteiger partial charge in [-0.25, -0.2) is 0 Å². The number of rotatable bonds is 7. The van der Waals surface area contributed by atoms with Crippen molar-refractivity contribution in [2.24, 2.45) is 0 Å². The lowest BCUT2D eigenvalue weighted by atomic mass is 10.0. The molecule has 8 nitrogen and oxygen atoms in total. The van der Waals surface area contributed by atoms with Crippen LogP contribution >= 0.6 is 0 Å². The molecule has 0 aliphatic carbocycles. The van der Waals surface area contributed by atoms with E-state index in [4.69, 9.17) is 4.74 Å². The Kier molecular flexibility index (Phi) is 6.22. The van der Waals surface area contributed by atoms with E-state index in [1.54, 1.807) is 4.90 Å². The fourth-order valence-electron chi connectivity index (χ4n) is 4.23. The molecule has 29 heavy (non-hydrogen) atoms. The summed E-state index contributed by atoms with van der Waals surface area (Å²) in [5.41, 5.74) is 2.72. The van der Waals surface area contributed by atoms with Crippen molar-refractivity contribution in [2.45, 2.75) is 50.9 Å². The number of carbonyl (C=O) groups is 3. The van der Waals surface area contributed by atoms with Gasteiger partial charge in [0.1, 0.15) is 6.04 Å². The maximum atomic E-state index is 12.7. The summed E-state index contributed by atoms with van der Waals surface area (Å²) >= 11 is 0. The molecule has 3 amide bonds. The molecule has 3 aliphatic heterocycles. The average molecular weight is 400 g/mol. The third kappa shape index (κ3) is 4.66. The Labute approximate surface area is 170 Å². The average Bonchev–Trinajstić information content (AvgIpc) is 3.04. The number of nitrogens with one attached hydrogen (secondary N) is 3. The molecule has 0 saturated carbocycles. The fourth-order valence-corrected chi connectivity index (χ4v) is 4.23. The third-order valence-electron chi connectivity index (χ3n) is 5.80. The molecule has 3 heterocycles. The van der Waals surface area contributed by atoms with Crippen LogP contribution < -0.4 is 16.0 Å². The molecule has 1 aromatic rings. The number of amides is 3. The molecule has 0 radical (unpaired) electrons. The van der Waals surface area contributed by atoms with Gasteiger partial charge in [-0.15, -0.1) is 0 Å². The smallest absolute Gasteiger partial charge is 0.255 e. The fraction of sp³-hybridized carbons (Fsp3) is 0.571. The van der Waals surface area contributed by atoms with E-state index in [1.807, 2.05) is 18.2 Å². The monoisotopic (exact) mass is 400 g/mol. The summed E-state index contributed by atoms with van der Waals surface area (Å²) in [6.07, 6.45) is 3.07. The van der Waals surface area contributed by atoms with E-state index >= 15 is 0 Å². The Balaban J connectivity index is 1.27. The summed E-state index contributed by atoms with van der Waals surface area (Å²) in [6.45, 7) is 4.74. The van der Waals surface area contributed by atoms with Gasteiger partial charge in [0.15, 0.2) is 0 Å². The zero-order valence-corrected chi connectivity index (χ0v) is 16.5. The predicted molar refractivity (Wildman–Crippen MR) is 106 cm³/mol. The van der Waals surface area contributed by atoms with Gasteiger partial charge >= 0.3 is 0 Å². The summed E-state index contributed by atoms with van der Waals surface area (Å²) < 4.78 is 5.70. The maximum absolute atomic E-state index is 12.7. The molecule has 0 aromatic heterocycles. The lowest BCUT2D eigenvalue weighted by Gasteiger charge is -2.29. The van der Waals surface area contributed by atoms with Crippen molar-refractivity contribution in [3.63, 3.8) is 0 Å². The molecule has 2 atom stereocenters. The second-order valence-corrected chi connectivity index (χ2v) is 7.91. The van der Waals surface area contributed by atoms with Crippen molar-refractivity contribution in [2.75, 3.05) is 26.2 Å². The van der Waals surface area contributed by atoms with Crippen LogP contribution in [0.15, 0.2) is 18.2 Å². The summed E-state index contributed by atoms with van der Waals surface area (Å²) in [7, 11) is 0. The van der Waals surface area contributed by atoms with E-state index < -0.39 is 6.04 Å². The molecular formula is C21H28N4O4. The van der Waals surface area contributed by atoms with Gasteiger partial charge in [0, 0.05) is 38.2 Å². The van der Waals surface area contributed by atoms with Crippen LogP contribution in [0.5, 0.6) is 0 Å². The Bertz CT molecular complexity index is 791. The zero-order chi connectivity index (χ0) is 20.2. The van der Waals surface area contributed by atoms with Crippen LogP contribution in [0.4, 0.5) is 0 Å². The number of imide groups is 1. The van der Waals surface area contributed by atoms with Crippen molar-refractivity contribution >= 4 is 17.7 Å². The molecule has 1 aromatic carbocycles. The SMILES string of the molecule is O=C1CCC(N2Cc3cc(CNCCCC4CNCCO4)ccc3C2=O)C(=O)N1. The number of morpholine rings is 1. The molecule has 2 saturated heterocycles. The highest BCUT2D eigenvalue weighted by molar-refractivity contribution is 6.05. The zero-order valence-electron chi connectivity index (χ0n) is 16.5. The molecule has 3 aliphatic rings. The topological polar surface area (TPSA) is 99.8 Å². The van der Waals surface area contributed by atoms with Gasteiger partial charge in [0.25, 0.3) is 5.91 Å². The largest absolute Gasteiger partial charge is 0.376 e. The minimum absolute atomic E-state index is 0.130. The van der Waals surface area contributed by atoms with Gasteiger partial charge < -0.3 is 20.3 Å². The first-order valence-electron chi connectivity index (χ1n) is 10.4. The van der Waals surface area contributed by atoms with E-state index in [-0.39, 0.29) is 24.1 Å². The first-order valence-corrected chi connectivity index (χ1v) is 10.4. The molecule has 8 heteroatoms. The van der Waals surface area contributed by atoms with Crippen molar-refractivity contribution in [3.8, 4) is 0 Å². The highest BCUT2D eigenvalue weighted by Gasteiger charge is 2.38. The lowest BCUT2D eigenvalue weighted by Crippen LogP contribution is -2.52. The van der Waals surface area contributed by atoms with Crippen molar-refractivity contribution in [1.29, 1.82) is 0 Å². The maximum Gasteiger partial charge on any atom is 0.255 e. The number of fused-ring (bicyclic) bond motifs is 1. The van der Waals surface area contributed by atoms with E-state index in [0.29, 0.717) is 24.6 Å². The summed E-state index contributed by atoms with van der Waals surface area (Å²) in [4.78, 5) is 37.8. The molecule has 2 unspecified atom stereocenters. The van der Waals surface area contributed by atoms with Crippen molar-refractivity contribution < 1.29 is 19.1 Å². The number of benzene rings is 1. The number of carbonyl (C=O) groups excluding carboxylic acids is 3. The Morgan fingerprint density at radius 1 is 1.24 bits per heavy atom.